The largest absolute Gasteiger partial charge is 0.494 e. The Bertz CT molecular complexity index is 642. The van der Waals surface area contributed by atoms with Crippen LogP contribution in [0.25, 0.3) is 0 Å². The number of imidazole rings is 1. The molecular formula is C14H18N4O2S. The van der Waals surface area contributed by atoms with Crippen molar-refractivity contribution in [3.8, 4) is 5.75 Å². The van der Waals surface area contributed by atoms with Crippen LogP contribution in [0.3, 0.4) is 0 Å². The summed E-state index contributed by atoms with van der Waals surface area (Å²) < 4.78 is 7.09. The van der Waals surface area contributed by atoms with Crippen LogP contribution in [-0.2, 0) is 11.8 Å². The Morgan fingerprint density at radius 1 is 1.52 bits per heavy atom. The van der Waals surface area contributed by atoms with Crippen LogP contribution in [0.5, 0.6) is 5.75 Å². The zero-order chi connectivity index (χ0) is 15.4. The molecule has 0 saturated heterocycles. The van der Waals surface area contributed by atoms with Gasteiger partial charge in [0.2, 0.25) is 5.91 Å². The van der Waals surface area contributed by atoms with Crippen molar-refractivity contribution in [2.45, 2.75) is 17.3 Å². The number of benzene rings is 1. The van der Waals surface area contributed by atoms with Gasteiger partial charge in [0.25, 0.3) is 0 Å². The minimum atomic E-state index is -0.284. The van der Waals surface area contributed by atoms with Gasteiger partial charge in [0.05, 0.1) is 18.0 Å². The highest BCUT2D eigenvalue weighted by molar-refractivity contribution is 8.00. The van der Waals surface area contributed by atoms with E-state index in [2.05, 4.69) is 10.3 Å². The van der Waals surface area contributed by atoms with Crippen LogP contribution in [0.2, 0.25) is 0 Å². The molecule has 2 aromatic rings. The molecule has 3 N–H and O–H groups in total. The number of carbonyl (C=O) groups excluding carboxylic acids is 1. The van der Waals surface area contributed by atoms with Crippen molar-refractivity contribution >= 4 is 29.0 Å². The molecule has 0 fully saturated rings. The van der Waals surface area contributed by atoms with Crippen molar-refractivity contribution in [1.82, 2.24) is 9.55 Å². The zero-order valence-electron chi connectivity index (χ0n) is 12.2. The number of nitrogens with two attached hydrogens (primary N) is 1. The lowest BCUT2D eigenvalue weighted by molar-refractivity contribution is -0.115. The SMILES string of the molecule is COc1cc(N)ccc1NC(=O)C(C)Sc1nccn1C. The molecule has 7 heteroatoms. The lowest BCUT2D eigenvalue weighted by Crippen LogP contribution is -2.23. The summed E-state index contributed by atoms with van der Waals surface area (Å²) in [7, 11) is 3.43. The Kier molecular flexibility index (Phi) is 4.74. The van der Waals surface area contributed by atoms with Crippen LogP contribution in [0.15, 0.2) is 35.7 Å². The standard InChI is InChI=1S/C14H18N4O2S/c1-9(21-14-16-6-7-18(14)2)13(19)17-11-5-4-10(15)8-12(11)20-3/h4-9H,15H2,1-3H3,(H,17,19). The van der Waals surface area contributed by atoms with Gasteiger partial charge in [0, 0.05) is 31.2 Å². The number of thioether (sulfide) groups is 1. The van der Waals surface area contributed by atoms with Gasteiger partial charge in [-0.3, -0.25) is 4.79 Å². The number of aromatic nitrogens is 2. The molecule has 0 aliphatic rings. The minimum absolute atomic E-state index is 0.119. The fraction of sp³-hybridized carbons (Fsp3) is 0.286. The number of carbonyl (C=O) groups is 1. The summed E-state index contributed by atoms with van der Waals surface area (Å²) in [6.45, 7) is 1.83. The van der Waals surface area contributed by atoms with Crippen LogP contribution in [0.1, 0.15) is 6.92 Å². The number of anilines is 2. The molecule has 21 heavy (non-hydrogen) atoms. The number of aryl methyl sites for hydroxylation is 1. The number of nitrogen functional groups attached to an aromatic ring is 1. The normalized spacial score (nSPS) is 12.0. The molecule has 1 amide bonds. The van der Waals surface area contributed by atoms with Crippen LogP contribution < -0.4 is 15.8 Å². The summed E-state index contributed by atoms with van der Waals surface area (Å²) in [5.41, 5.74) is 6.88. The van der Waals surface area contributed by atoms with Gasteiger partial charge >= 0.3 is 0 Å². The molecule has 1 heterocycles. The molecular weight excluding hydrogens is 288 g/mol. The Morgan fingerprint density at radius 2 is 2.29 bits per heavy atom. The summed E-state index contributed by atoms with van der Waals surface area (Å²) in [5, 5.41) is 3.35. The second-order valence-corrected chi connectivity index (χ2v) is 5.84. The van der Waals surface area contributed by atoms with Gasteiger partial charge in [0.1, 0.15) is 5.75 Å². The minimum Gasteiger partial charge on any atom is -0.494 e. The van der Waals surface area contributed by atoms with Gasteiger partial charge in [-0.2, -0.15) is 0 Å². The first kappa shape index (κ1) is 15.2. The predicted molar refractivity (Wildman–Crippen MR) is 84.6 cm³/mol. The van der Waals surface area contributed by atoms with Gasteiger partial charge in [-0.05, 0) is 19.1 Å². The number of hydrogen-bond donors (Lipinski definition) is 2. The number of amides is 1. The van der Waals surface area contributed by atoms with E-state index in [9.17, 15) is 4.79 Å². The third-order valence-corrected chi connectivity index (χ3v) is 4.08. The van der Waals surface area contributed by atoms with Gasteiger partial charge in [-0.1, -0.05) is 11.8 Å². The fourth-order valence-corrected chi connectivity index (χ4v) is 2.55. The van der Waals surface area contributed by atoms with E-state index in [1.165, 1.54) is 18.9 Å². The van der Waals surface area contributed by atoms with Crippen molar-refractivity contribution in [2.24, 2.45) is 7.05 Å². The third-order valence-electron chi connectivity index (χ3n) is 2.91. The zero-order valence-corrected chi connectivity index (χ0v) is 13.0. The maximum atomic E-state index is 12.2. The lowest BCUT2D eigenvalue weighted by Gasteiger charge is -2.14. The second kappa shape index (κ2) is 6.53. The third kappa shape index (κ3) is 3.69. The lowest BCUT2D eigenvalue weighted by atomic mass is 10.2. The average molecular weight is 306 g/mol. The van der Waals surface area contributed by atoms with Crippen LogP contribution >= 0.6 is 11.8 Å². The molecule has 0 saturated carbocycles. The van der Waals surface area contributed by atoms with E-state index in [1.54, 1.807) is 24.4 Å². The van der Waals surface area contributed by atoms with E-state index >= 15 is 0 Å². The van der Waals surface area contributed by atoms with Crippen molar-refractivity contribution in [2.75, 3.05) is 18.2 Å². The molecule has 1 unspecified atom stereocenters. The Hall–Kier alpha value is -2.15. The topological polar surface area (TPSA) is 82.2 Å². The number of methoxy groups -OCH3 is 1. The molecule has 0 radical (unpaired) electrons. The first-order valence-electron chi connectivity index (χ1n) is 6.39. The van der Waals surface area contributed by atoms with E-state index in [-0.39, 0.29) is 11.2 Å². The van der Waals surface area contributed by atoms with E-state index in [0.29, 0.717) is 17.1 Å². The van der Waals surface area contributed by atoms with Crippen LogP contribution in [-0.4, -0.2) is 27.8 Å². The molecule has 2 rings (SSSR count). The number of hydrogen-bond acceptors (Lipinski definition) is 5. The molecule has 0 aliphatic carbocycles. The summed E-state index contributed by atoms with van der Waals surface area (Å²) in [6.07, 6.45) is 3.55. The molecule has 112 valence electrons. The van der Waals surface area contributed by atoms with Crippen molar-refractivity contribution in [3.05, 3.63) is 30.6 Å². The predicted octanol–water partition coefficient (Wildman–Crippen LogP) is 2.13. The monoisotopic (exact) mass is 306 g/mol. The van der Waals surface area contributed by atoms with Gasteiger partial charge < -0.3 is 20.4 Å². The smallest absolute Gasteiger partial charge is 0.237 e. The van der Waals surface area contributed by atoms with E-state index in [0.717, 1.165) is 5.16 Å². The Balaban J connectivity index is 2.05. The molecule has 1 atom stereocenters. The van der Waals surface area contributed by atoms with E-state index < -0.39 is 0 Å². The van der Waals surface area contributed by atoms with E-state index in [4.69, 9.17) is 10.5 Å². The first-order valence-corrected chi connectivity index (χ1v) is 7.27. The first-order chi connectivity index (χ1) is 10.0. The van der Waals surface area contributed by atoms with Crippen LogP contribution in [0.4, 0.5) is 11.4 Å². The highest BCUT2D eigenvalue weighted by Crippen LogP contribution is 2.28. The van der Waals surface area contributed by atoms with E-state index in [1.807, 2.05) is 24.7 Å². The molecule has 6 nitrogen and oxygen atoms in total. The van der Waals surface area contributed by atoms with Crippen molar-refractivity contribution < 1.29 is 9.53 Å². The highest BCUT2D eigenvalue weighted by atomic mass is 32.2. The molecule has 0 bridgehead atoms. The fourth-order valence-electron chi connectivity index (χ4n) is 1.72. The number of rotatable bonds is 5. The summed E-state index contributed by atoms with van der Waals surface area (Å²) in [4.78, 5) is 16.4. The number of nitrogens with one attached hydrogen (secondary N) is 1. The molecule has 0 aliphatic heterocycles. The summed E-state index contributed by atoms with van der Waals surface area (Å²) >= 11 is 1.40. The average Bonchev–Trinajstić information content (AvgIpc) is 2.86. The molecule has 1 aromatic heterocycles. The van der Waals surface area contributed by atoms with Gasteiger partial charge in [-0.25, -0.2) is 4.98 Å². The highest BCUT2D eigenvalue weighted by Gasteiger charge is 2.18. The molecule has 0 spiro atoms. The Labute approximate surface area is 127 Å². The van der Waals surface area contributed by atoms with Gasteiger partial charge in [0.15, 0.2) is 5.16 Å². The molecule has 1 aromatic carbocycles. The second-order valence-electron chi connectivity index (χ2n) is 4.53. The van der Waals surface area contributed by atoms with Crippen molar-refractivity contribution in [3.63, 3.8) is 0 Å². The summed E-state index contributed by atoms with van der Waals surface area (Å²) in [6, 6.07) is 5.12. The maximum Gasteiger partial charge on any atom is 0.237 e. The Morgan fingerprint density at radius 3 is 2.90 bits per heavy atom. The number of nitrogens with zero attached hydrogens (tertiary/aromatic N) is 2. The summed E-state index contributed by atoms with van der Waals surface area (Å²) in [5.74, 6) is 0.420. The number of ether oxygens (including phenoxy) is 1. The quantitative estimate of drug-likeness (QED) is 0.653. The van der Waals surface area contributed by atoms with Crippen LogP contribution in [0, 0.1) is 0 Å². The van der Waals surface area contributed by atoms with Gasteiger partial charge in [-0.15, -0.1) is 0 Å². The maximum absolute atomic E-state index is 12.2. The van der Waals surface area contributed by atoms with Crippen molar-refractivity contribution in [1.29, 1.82) is 0 Å².